The standard InChI is InChI=1S/C19H18N6O6/c1-22-15-14(16(26)23(2)18(22)28)24(10-20-15)9-13-21-25(19(29)31-13)8-11-4-6-12(7-5-11)17(27)30-3/h4-7,10H,8-9H2,1-3H3. The van der Waals surface area contributed by atoms with Crippen LogP contribution in [0.1, 0.15) is 21.8 Å². The SMILES string of the molecule is COC(=O)c1ccc(Cn2nc(Cn3cnc4c3c(=O)n(C)c(=O)n4C)oc2=O)cc1. The molecule has 4 rings (SSSR count). The number of carbonyl (C=O) groups is 1. The van der Waals surface area contributed by atoms with E-state index in [1.54, 1.807) is 24.3 Å². The van der Waals surface area contributed by atoms with Crippen molar-refractivity contribution in [3.63, 3.8) is 0 Å². The number of fused-ring (bicyclic) bond motifs is 1. The van der Waals surface area contributed by atoms with Crippen LogP contribution in [0.15, 0.2) is 49.4 Å². The van der Waals surface area contributed by atoms with E-state index in [9.17, 15) is 19.2 Å². The highest BCUT2D eigenvalue weighted by molar-refractivity contribution is 5.89. The maximum atomic E-state index is 12.5. The number of hydrogen-bond donors (Lipinski definition) is 0. The Labute approximate surface area is 173 Å². The number of benzene rings is 1. The molecule has 0 saturated carbocycles. The minimum atomic E-state index is -0.670. The van der Waals surface area contributed by atoms with Crippen LogP contribution in [0.4, 0.5) is 0 Å². The van der Waals surface area contributed by atoms with Gasteiger partial charge in [0, 0.05) is 14.1 Å². The van der Waals surface area contributed by atoms with Crippen LogP contribution in [0.3, 0.4) is 0 Å². The second-order valence-corrected chi connectivity index (χ2v) is 6.86. The van der Waals surface area contributed by atoms with Crippen molar-refractivity contribution in [3.8, 4) is 0 Å². The highest BCUT2D eigenvalue weighted by atomic mass is 16.5. The Kier molecular flexibility index (Phi) is 4.89. The Bertz CT molecular complexity index is 1470. The Morgan fingerprint density at radius 2 is 1.77 bits per heavy atom. The predicted molar refractivity (Wildman–Crippen MR) is 107 cm³/mol. The topological polar surface area (TPSA) is 136 Å². The molecule has 12 nitrogen and oxygen atoms in total. The van der Waals surface area contributed by atoms with Gasteiger partial charge in [0.1, 0.15) is 6.54 Å². The first-order valence-electron chi connectivity index (χ1n) is 9.15. The number of aromatic nitrogens is 6. The molecule has 0 fully saturated rings. The highest BCUT2D eigenvalue weighted by Crippen LogP contribution is 2.09. The Morgan fingerprint density at radius 1 is 1.06 bits per heavy atom. The number of carbonyl (C=O) groups excluding carboxylic acids is 1. The van der Waals surface area contributed by atoms with E-state index >= 15 is 0 Å². The van der Waals surface area contributed by atoms with Gasteiger partial charge in [0.15, 0.2) is 11.2 Å². The first-order chi connectivity index (χ1) is 14.8. The summed E-state index contributed by atoms with van der Waals surface area (Å²) in [5.74, 6) is -1.05. The van der Waals surface area contributed by atoms with Gasteiger partial charge < -0.3 is 13.7 Å². The number of rotatable bonds is 5. The number of hydrogen-bond acceptors (Lipinski definition) is 8. The van der Waals surface area contributed by atoms with Crippen LogP contribution >= 0.6 is 0 Å². The monoisotopic (exact) mass is 426 g/mol. The summed E-state index contributed by atoms with van der Waals surface area (Å²) >= 11 is 0. The molecule has 0 bridgehead atoms. The average Bonchev–Trinajstić information content (AvgIpc) is 3.34. The van der Waals surface area contributed by atoms with Gasteiger partial charge in [-0.15, -0.1) is 5.10 Å². The van der Waals surface area contributed by atoms with Gasteiger partial charge in [0.05, 0.1) is 25.5 Å². The van der Waals surface area contributed by atoms with E-state index in [-0.39, 0.29) is 30.1 Å². The van der Waals surface area contributed by atoms with Crippen LogP contribution in [0.5, 0.6) is 0 Å². The summed E-state index contributed by atoms with van der Waals surface area (Å²) < 4.78 is 14.7. The lowest BCUT2D eigenvalue weighted by molar-refractivity contribution is 0.0600. The molecule has 0 spiro atoms. The van der Waals surface area contributed by atoms with Gasteiger partial charge in [0.2, 0.25) is 5.89 Å². The third-order valence-electron chi connectivity index (χ3n) is 4.88. The molecule has 0 aliphatic carbocycles. The van der Waals surface area contributed by atoms with Crippen molar-refractivity contribution < 1.29 is 13.9 Å². The van der Waals surface area contributed by atoms with Crippen LogP contribution in [-0.2, 0) is 31.9 Å². The van der Waals surface area contributed by atoms with Crippen LogP contribution in [0.25, 0.3) is 11.2 Å². The van der Waals surface area contributed by atoms with E-state index in [0.717, 1.165) is 14.8 Å². The average molecular weight is 426 g/mol. The van der Waals surface area contributed by atoms with Gasteiger partial charge in [0.25, 0.3) is 5.56 Å². The van der Waals surface area contributed by atoms with Crippen molar-refractivity contribution in [1.29, 1.82) is 0 Å². The van der Waals surface area contributed by atoms with Crippen molar-refractivity contribution >= 4 is 17.1 Å². The summed E-state index contributed by atoms with van der Waals surface area (Å²) in [4.78, 5) is 52.4. The summed E-state index contributed by atoms with van der Waals surface area (Å²) in [5.41, 5.74) is 0.537. The molecule has 0 atom stereocenters. The predicted octanol–water partition coefficient (Wildman–Crippen LogP) is -0.533. The maximum absolute atomic E-state index is 12.5. The second-order valence-electron chi connectivity index (χ2n) is 6.86. The molecule has 3 heterocycles. The van der Waals surface area contributed by atoms with Crippen molar-refractivity contribution in [2.24, 2.45) is 14.1 Å². The number of esters is 1. The quantitative estimate of drug-likeness (QED) is 0.388. The van der Waals surface area contributed by atoms with Crippen LogP contribution < -0.4 is 17.0 Å². The minimum Gasteiger partial charge on any atom is -0.465 e. The molecule has 0 saturated heterocycles. The zero-order valence-electron chi connectivity index (χ0n) is 16.9. The van der Waals surface area contributed by atoms with E-state index in [0.29, 0.717) is 5.56 Å². The first kappa shape index (κ1) is 20.1. The Morgan fingerprint density at radius 3 is 2.45 bits per heavy atom. The van der Waals surface area contributed by atoms with Gasteiger partial charge in [-0.25, -0.2) is 19.4 Å². The number of nitrogens with zero attached hydrogens (tertiary/aromatic N) is 6. The molecule has 0 unspecified atom stereocenters. The third-order valence-corrected chi connectivity index (χ3v) is 4.88. The van der Waals surface area contributed by atoms with Gasteiger partial charge in [-0.05, 0) is 17.7 Å². The molecule has 4 aromatic rings. The number of methoxy groups -OCH3 is 1. The van der Waals surface area contributed by atoms with Gasteiger partial charge in [-0.2, -0.15) is 4.68 Å². The van der Waals surface area contributed by atoms with Gasteiger partial charge >= 0.3 is 17.4 Å². The highest BCUT2D eigenvalue weighted by Gasteiger charge is 2.17. The van der Waals surface area contributed by atoms with Crippen LogP contribution in [-0.4, -0.2) is 41.5 Å². The molecule has 3 aromatic heterocycles. The third kappa shape index (κ3) is 3.47. The van der Waals surface area contributed by atoms with Crippen LogP contribution in [0, 0.1) is 0 Å². The number of imidazole rings is 1. The number of aryl methyl sites for hydroxylation is 1. The van der Waals surface area contributed by atoms with E-state index in [2.05, 4.69) is 14.8 Å². The molecule has 0 amide bonds. The Balaban J connectivity index is 1.62. The molecule has 0 radical (unpaired) electrons. The van der Waals surface area contributed by atoms with Crippen LogP contribution in [0.2, 0.25) is 0 Å². The summed E-state index contributed by atoms with van der Waals surface area (Å²) in [5, 5.41) is 4.17. The fourth-order valence-corrected chi connectivity index (χ4v) is 3.21. The zero-order valence-corrected chi connectivity index (χ0v) is 16.9. The fourth-order valence-electron chi connectivity index (χ4n) is 3.21. The van der Waals surface area contributed by atoms with E-state index in [1.807, 2.05) is 0 Å². The number of ether oxygens (including phenoxy) is 1. The largest absolute Gasteiger partial charge is 0.465 e. The molecular weight excluding hydrogens is 408 g/mol. The smallest absolute Gasteiger partial charge is 0.437 e. The van der Waals surface area contributed by atoms with E-state index < -0.39 is 23.0 Å². The lowest BCUT2D eigenvalue weighted by Crippen LogP contribution is -2.37. The van der Waals surface area contributed by atoms with Crippen molar-refractivity contribution in [2.75, 3.05) is 7.11 Å². The van der Waals surface area contributed by atoms with Gasteiger partial charge in [-0.1, -0.05) is 12.1 Å². The normalized spacial score (nSPS) is 11.2. The lowest BCUT2D eigenvalue weighted by Gasteiger charge is -2.04. The summed E-state index contributed by atoms with van der Waals surface area (Å²) in [6.07, 6.45) is 1.38. The van der Waals surface area contributed by atoms with Crippen molar-refractivity contribution in [2.45, 2.75) is 13.1 Å². The summed E-state index contributed by atoms with van der Waals surface area (Å²) in [6.45, 7) is 0.109. The molecular formula is C19H18N6O6. The summed E-state index contributed by atoms with van der Waals surface area (Å²) in [7, 11) is 4.19. The Hall–Kier alpha value is -4.22. The fraction of sp³-hybridized carbons (Fsp3) is 0.263. The molecule has 1 aromatic carbocycles. The molecule has 160 valence electrons. The minimum absolute atomic E-state index is 0.0204. The van der Waals surface area contributed by atoms with E-state index in [1.165, 1.54) is 36.7 Å². The molecule has 31 heavy (non-hydrogen) atoms. The first-order valence-corrected chi connectivity index (χ1v) is 9.15. The molecule has 0 N–H and O–H groups in total. The van der Waals surface area contributed by atoms with E-state index in [4.69, 9.17) is 4.42 Å². The molecule has 12 heteroatoms. The second kappa shape index (κ2) is 7.55. The van der Waals surface area contributed by atoms with Gasteiger partial charge in [-0.3, -0.25) is 13.9 Å². The maximum Gasteiger partial charge on any atom is 0.437 e. The lowest BCUT2D eigenvalue weighted by atomic mass is 10.1. The zero-order chi connectivity index (χ0) is 22.3. The van der Waals surface area contributed by atoms with Crippen molar-refractivity contribution in [1.82, 2.24) is 28.5 Å². The van der Waals surface area contributed by atoms with Crippen molar-refractivity contribution in [3.05, 3.63) is 79.0 Å². The molecule has 0 aliphatic heterocycles. The summed E-state index contributed by atoms with van der Waals surface area (Å²) in [6, 6.07) is 6.54. The molecule has 0 aliphatic rings.